The quantitative estimate of drug-likeness (QED) is 0.569. The minimum Gasteiger partial charge on any atom is -0.379 e. The number of nitrogens with one attached hydrogen (secondary N) is 1. The molecule has 1 atom stereocenters. The van der Waals surface area contributed by atoms with Crippen LogP contribution in [0.4, 0.5) is 11.4 Å². The Bertz CT molecular complexity index is 1070. The predicted molar refractivity (Wildman–Crippen MR) is 123 cm³/mol. The summed E-state index contributed by atoms with van der Waals surface area (Å²) in [6.07, 6.45) is 11.6. The highest BCUT2D eigenvalue weighted by Gasteiger charge is 2.32. The molecule has 1 unspecified atom stereocenters. The Balaban J connectivity index is 1.31. The monoisotopic (exact) mass is 466 g/mol. The Labute approximate surface area is 185 Å². The molecular formula is C23H27BrN6. The zero-order valence-electron chi connectivity index (χ0n) is 17.1. The topological polar surface area (TPSA) is 48.7 Å². The average Bonchev–Trinajstić information content (AvgIpc) is 3.35. The Morgan fingerprint density at radius 2 is 2.03 bits per heavy atom. The molecule has 6 nitrogen and oxygen atoms in total. The van der Waals surface area contributed by atoms with E-state index < -0.39 is 0 Å². The van der Waals surface area contributed by atoms with Crippen LogP contribution in [0.1, 0.15) is 42.9 Å². The van der Waals surface area contributed by atoms with Crippen LogP contribution >= 0.6 is 15.9 Å². The van der Waals surface area contributed by atoms with E-state index in [1.54, 1.807) is 6.20 Å². The lowest BCUT2D eigenvalue weighted by Gasteiger charge is -2.39. The van der Waals surface area contributed by atoms with E-state index in [1.807, 2.05) is 12.1 Å². The van der Waals surface area contributed by atoms with E-state index >= 15 is 0 Å². The number of aromatic nitrogens is 3. The minimum atomic E-state index is 0.701. The second kappa shape index (κ2) is 7.54. The summed E-state index contributed by atoms with van der Waals surface area (Å²) in [6.45, 7) is 5.39. The second-order valence-electron chi connectivity index (χ2n) is 8.89. The molecule has 3 aliphatic rings. The molecule has 3 aromatic heterocycles. The Kier molecular flexibility index (Phi) is 4.68. The van der Waals surface area contributed by atoms with E-state index in [4.69, 9.17) is 4.98 Å². The average molecular weight is 467 g/mol. The van der Waals surface area contributed by atoms with Crippen molar-refractivity contribution in [3.63, 3.8) is 0 Å². The van der Waals surface area contributed by atoms with Crippen molar-refractivity contribution in [3.05, 3.63) is 52.7 Å². The third-order valence-corrected chi connectivity index (χ3v) is 7.21. The molecule has 0 aromatic carbocycles. The molecule has 0 spiro atoms. The third-order valence-electron chi connectivity index (χ3n) is 6.78. The molecule has 7 heteroatoms. The number of fused-ring (bicyclic) bond motifs is 2. The van der Waals surface area contributed by atoms with Crippen LogP contribution in [0.2, 0.25) is 0 Å². The molecule has 0 amide bonds. The van der Waals surface area contributed by atoms with E-state index in [0.29, 0.717) is 12.6 Å². The summed E-state index contributed by atoms with van der Waals surface area (Å²) in [5, 5.41) is 3.48. The van der Waals surface area contributed by atoms with E-state index in [-0.39, 0.29) is 0 Å². The van der Waals surface area contributed by atoms with Gasteiger partial charge in [0.2, 0.25) is 0 Å². The van der Waals surface area contributed by atoms with Gasteiger partial charge < -0.3 is 14.6 Å². The minimum absolute atomic E-state index is 0.701. The first kappa shape index (κ1) is 18.6. The maximum atomic E-state index is 5.05. The molecule has 0 bridgehead atoms. The van der Waals surface area contributed by atoms with Crippen LogP contribution < -0.4 is 10.2 Å². The van der Waals surface area contributed by atoms with Crippen molar-refractivity contribution in [2.45, 2.75) is 44.2 Å². The summed E-state index contributed by atoms with van der Waals surface area (Å²) < 4.78 is 3.11. The smallest absolute Gasteiger partial charge is 0.160 e. The third kappa shape index (κ3) is 3.58. The maximum Gasteiger partial charge on any atom is 0.160 e. The van der Waals surface area contributed by atoms with E-state index in [1.165, 1.54) is 50.0 Å². The fourth-order valence-electron chi connectivity index (χ4n) is 5.03. The van der Waals surface area contributed by atoms with Crippen LogP contribution in [0.3, 0.4) is 0 Å². The number of piperazine rings is 1. The highest BCUT2D eigenvalue weighted by Crippen LogP contribution is 2.42. The molecule has 1 saturated carbocycles. The van der Waals surface area contributed by atoms with Crippen LogP contribution in [0.5, 0.6) is 0 Å². The maximum absolute atomic E-state index is 5.05. The summed E-state index contributed by atoms with van der Waals surface area (Å²) in [5.41, 5.74) is 6.01. The van der Waals surface area contributed by atoms with E-state index in [0.717, 1.165) is 40.6 Å². The lowest BCUT2D eigenvalue weighted by Crippen LogP contribution is -2.50. The SMILES string of the molecule is Brc1cc(NCc2cn3cc(C4CC4)cc(N4CCN5CCCC5C4)c3n2)ccn1. The number of halogens is 1. The molecule has 0 radical (unpaired) electrons. The molecule has 2 aliphatic heterocycles. The normalized spacial score (nSPS) is 21.9. The summed E-state index contributed by atoms with van der Waals surface area (Å²) >= 11 is 3.44. The fraction of sp³-hybridized carbons (Fsp3) is 0.478. The van der Waals surface area contributed by atoms with Crippen LogP contribution in [0, 0.1) is 0 Å². The van der Waals surface area contributed by atoms with Crippen molar-refractivity contribution >= 4 is 33.0 Å². The van der Waals surface area contributed by atoms with E-state index in [9.17, 15) is 0 Å². The number of imidazole rings is 1. The first-order valence-electron chi connectivity index (χ1n) is 11.1. The number of rotatable bonds is 5. The fourth-order valence-corrected chi connectivity index (χ4v) is 5.39. The molecule has 2 saturated heterocycles. The molecule has 6 rings (SSSR count). The van der Waals surface area contributed by atoms with Gasteiger partial charge in [-0.1, -0.05) is 0 Å². The van der Waals surface area contributed by atoms with Gasteiger partial charge in [0.15, 0.2) is 5.65 Å². The van der Waals surface area contributed by atoms with Crippen molar-refractivity contribution in [2.24, 2.45) is 0 Å². The Morgan fingerprint density at radius 1 is 1.10 bits per heavy atom. The summed E-state index contributed by atoms with van der Waals surface area (Å²) in [5.74, 6) is 0.735. The molecular weight excluding hydrogens is 440 g/mol. The number of hydrogen-bond donors (Lipinski definition) is 1. The Hall–Kier alpha value is -2.12. The van der Waals surface area contributed by atoms with Crippen molar-refractivity contribution in [1.82, 2.24) is 19.3 Å². The lowest BCUT2D eigenvalue weighted by molar-refractivity contribution is 0.231. The largest absolute Gasteiger partial charge is 0.379 e. The van der Waals surface area contributed by atoms with E-state index in [2.05, 4.69) is 58.9 Å². The number of anilines is 2. The van der Waals surface area contributed by atoms with Gasteiger partial charge in [0.05, 0.1) is 17.9 Å². The van der Waals surface area contributed by atoms with Crippen molar-refractivity contribution in [2.75, 3.05) is 36.4 Å². The van der Waals surface area contributed by atoms with Crippen LogP contribution in [0.25, 0.3) is 5.65 Å². The van der Waals surface area contributed by atoms with Gasteiger partial charge in [0.1, 0.15) is 4.60 Å². The molecule has 1 N–H and O–H groups in total. The lowest BCUT2D eigenvalue weighted by atomic mass is 10.1. The van der Waals surface area contributed by atoms with Gasteiger partial charge in [-0.3, -0.25) is 4.90 Å². The molecule has 3 aromatic rings. The van der Waals surface area contributed by atoms with Gasteiger partial charge in [-0.25, -0.2) is 9.97 Å². The summed E-state index contributed by atoms with van der Waals surface area (Å²) in [4.78, 5) is 14.5. The molecule has 30 heavy (non-hydrogen) atoms. The standard InChI is InChI=1S/C23H27BrN6/c24-22-11-18(5-6-25-22)26-12-19-14-30-13-17(16-3-4-16)10-21(23(30)27-19)29-9-8-28-7-1-2-20(28)15-29/h5-6,10-11,13-14,16,20H,1-4,7-9,12,15H2,(H,25,26). The van der Waals surface area contributed by atoms with Gasteiger partial charge in [-0.15, -0.1) is 0 Å². The van der Waals surface area contributed by atoms with Crippen LogP contribution in [-0.4, -0.2) is 51.5 Å². The second-order valence-corrected chi connectivity index (χ2v) is 9.71. The van der Waals surface area contributed by atoms with Crippen LogP contribution in [-0.2, 0) is 6.54 Å². The number of nitrogens with zero attached hydrogens (tertiary/aromatic N) is 5. The molecule has 156 valence electrons. The highest BCUT2D eigenvalue weighted by atomic mass is 79.9. The summed E-state index contributed by atoms with van der Waals surface area (Å²) in [7, 11) is 0. The summed E-state index contributed by atoms with van der Waals surface area (Å²) in [6, 6.07) is 7.12. The highest BCUT2D eigenvalue weighted by molar-refractivity contribution is 9.10. The first-order valence-corrected chi connectivity index (χ1v) is 11.9. The number of pyridine rings is 2. The van der Waals surface area contributed by atoms with Crippen molar-refractivity contribution in [3.8, 4) is 0 Å². The molecule has 5 heterocycles. The zero-order chi connectivity index (χ0) is 20.1. The Morgan fingerprint density at radius 3 is 2.90 bits per heavy atom. The number of hydrogen-bond acceptors (Lipinski definition) is 5. The van der Waals surface area contributed by atoms with Gasteiger partial charge in [-0.2, -0.15) is 0 Å². The van der Waals surface area contributed by atoms with Crippen molar-refractivity contribution < 1.29 is 0 Å². The predicted octanol–water partition coefficient (Wildman–Crippen LogP) is 4.27. The van der Waals surface area contributed by atoms with Gasteiger partial charge in [-0.05, 0) is 77.8 Å². The van der Waals surface area contributed by atoms with Crippen molar-refractivity contribution in [1.29, 1.82) is 0 Å². The zero-order valence-corrected chi connectivity index (χ0v) is 18.7. The van der Waals surface area contributed by atoms with Crippen LogP contribution in [0.15, 0.2) is 41.4 Å². The van der Waals surface area contributed by atoms with Gasteiger partial charge >= 0.3 is 0 Å². The first-order chi connectivity index (χ1) is 14.7. The van der Waals surface area contributed by atoms with Gasteiger partial charge in [0.25, 0.3) is 0 Å². The molecule has 3 fully saturated rings. The molecule has 1 aliphatic carbocycles. The van der Waals surface area contributed by atoms with Gasteiger partial charge in [0, 0.05) is 50.0 Å².